The zero-order valence-electron chi connectivity index (χ0n) is 15.2. The van der Waals surface area contributed by atoms with Gasteiger partial charge in [0.2, 0.25) is 0 Å². The van der Waals surface area contributed by atoms with Crippen molar-refractivity contribution in [3.63, 3.8) is 0 Å². The standard InChI is InChI=1S/C20H28O4S/c1-10(2)17(22)23-15-16-19-7-6-18(15,11(3)4)9-13(19)14(21)20(19,24-16)8-12(5)25/h11,13,15-17,22,25H,1,5-9H2,2-4H3. The van der Waals surface area contributed by atoms with Crippen LogP contribution in [0.2, 0.25) is 0 Å². The van der Waals surface area contributed by atoms with Gasteiger partial charge in [-0.2, -0.15) is 0 Å². The second-order valence-electron chi connectivity index (χ2n) is 8.91. The van der Waals surface area contributed by atoms with E-state index in [0.29, 0.717) is 22.8 Å². The number of thiol groups is 1. The molecule has 4 aliphatic carbocycles. The van der Waals surface area contributed by atoms with Crippen LogP contribution in [0.1, 0.15) is 46.5 Å². The van der Waals surface area contributed by atoms with Gasteiger partial charge in [-0.25, -0.2) is 0 Å². The summed E-state index contributed by atoms with van der Waals surface area (Å²) in [6.07, 6.45) is 1.95. The lowest BCUT2D eigenvalue weighted by Gasteiger charge is -2.82. The highest BCUT2D eigenvalue weighted by Crippen LogP contribution is 2.80. The molecule has 2 bridgehead atoms. The van der Waals surface area contributed by atoms with Crippen molar-refractivity contribution in [1.82, 2.24) is 0 Å². The molecule has 138 valence electrons. The van der Waals surface area contributed by atoms with Crippen LogP contribution in [0.3, 0.4) is 0 Å². The van der Waals surface area contributed by atoms with E-state index in [-0.39, 0.29) is 34.7 Å². The van der Waals surface area contributed by atoms with Gasteiger partial charge >= 0.3 is 0 Å². The molecular weight excluding hydrogens is 336 g/mol. The maximum absolute atomic E-state index is 13.0. The third-order valence-electron chi connectivity index (χ3n) is 7.65. The Morgan fingerprint density at radius 3 is 2.68 bits per heavy atom. The number of fused-ring (bicyclic) bond motifs is 1. The van der Waals surface area contributed by atoms with Crippen molar-refractivity contribution in [2.45, 2.75) is 70.6 Å². The van der Waals surface area contributed by atoms with Gasteiger partial charge in [-0.05, 0) is 42.6 Å². The highest BCUT2D eigenvalue weighted by molar-refractivity contribution is 7.84. The van der Waals surface area contributed by atoms with Crippen molar-refractivity contribution in [2.24, 2.45) is 22.7 Å². The molecule has 4 saturated carbocycles. The first-order valence-electron chi connectivity index (χ1n) is 9.20. The number of Topliss-reactive ketones (excluding diaryl/α,β-unsaturated/α-hetero) is 1. The van der Waals surface area contributed by atoms with Crippen molar-refractivity contribution < 1.29 is 19.4 Å². The fourth-order valence-electron chi connectivity index (χ4n) is 6.31. The largest absolute Gasteiger partial charge is 0.364 e. The van der Waals surface area contributed by atoms with Crippen molar-refractivity contribution in [2.75, 3.05) is 0 Å². The van der Waals surface area contributed by atoms with Crippen molar-refractivity contribution in [3.05, 3.63) is 23.6 Å². The Bertz CT molecular complexity index is 673. The molecule has 1 saturated heterocycles. The van der Waals surface area contributed by atoms with Gasteiger partial charge in [0.15, 0.2) is 12.1 Å². The molecule has 1 spiro atoms. The van der Waals surface area contributed by atoms with Crippen LogP contribution in [0.25, 0.3) is 0 Å². The third-order valence-corrected chi connectivity index (χ3v) is 7.81. The molecule has 5 fully saturated rings. The molecule has 1 aliphatic heterocycles. The molecule has 0 radical (unpaired) electrons. The van der Waals surface area contributed by atoms with E-state index in [0.717, 1.165) is 19.3 Å². The fraction of sp³-hybridized carbons (Fsp3) is 0.750. The van der Waals surface area contributed by atoms with Crippen LogP contribution in [-0.4, -0.2) is 35.0 Å². The SMILES string of the molecule is C=C(S)CC12OC3C(OC(O)C(=C)C)C4(C(C)C)CCC31C(C4)C2=O. The summed E-state index contributed by atoms with van der Waals surface area (Å²) in [7, 11) is 0. The van der Waals surface area contributed by atoms with Gasteiger partial charge in [-0.1, -0.05) is 27.0 Å². The number of rotatable bonds is 6. The minimum Gasteiger partial charge on any atom is -0.364 e. The van der Waals surface area contributed by atoms with E-state index in [2.05, 4.69) is 39.6 Å². The number of carbonyl (C=O) groups excluding carboxylic acids is 1. The summed E-state index contributed by atoms with van der Waals surface area (Å²) in [5, 5.41) is 10.3. The summed E-state index contributed by atoms with van der Waals surface area (Å²) in [5.41, 5.74) is -0.450. The topological polar surface area (TPSA) is 55.8 Å². The van der Waals surface area contributed by atoms with Gasteiger partial charge in [-0.3, -0.25) is 4.79 Å². The van der Waals surface area contributed by atoms with Crippen LogP contribution in [0, 0.1) is 22.7 Å². The van der Waals surface area contributed by atoms with Crippen molar-refractivity contribution >= 4 is 18.4 Å². The Balaban J connectivity index is 1.72. The molecule has 7 atom stereocenters. The number of hydrogen-bond donors (Lipinski definition) is 2. The monoisotopic (exact) mass is 364 g/mol. The van der Waals surface area contributed by atoms with Gasteiger partial charge in [0.25, 0.3) is 0 Å². The summed E-state index contributed by atoms with van der Waals surface area (Å²) < 4.78 is 12.4. The molecule has 4 nitrogen and oxygen atoms in total. The Morgan fingerprint density at radius 1 is 1.44 bits per heavy atom. The number of carbonyl (C=O) groups is 1. The fourth-order valence-corrected chi connectivity index (χ4v) is 6.53. The molecule has 25 heavy (non-hydrogen) atoms. The molecule has 5 heteroatoms. The van der Waals surface area contributed by atoms with Gasteiger partial charge in [-0.15, -0.1) is 12.6 Å². The second-order valence-corrected chi connectivity index (χ2v) is 9.55. The lowest BCUT2D eigenvalue weighted by atomic mass is 9.29. The second kappa shape index (κ2) is 5.22. The van der Waals surface area contributed by atoms with E-state index in [9.17, 15) is 9.90 Å². The number of aliphatic hydroxyl groups excluding tert-OH is 1. The van der Waals surface area contributed by atoms with Gasteiger partial charge in [0, 0.05) is 23.2 Å². The van der Waals surface area contributed by atoms with Crippen LogP contribution in [0.15, 0.2) is 23.6 Å². The predicted octanol–water partition coefficient (Wildman–Crippen LogP) is 3.26. The highest BCUT2D eigenvalue weighted by atomic mass is 32.1. The molecule has 5 rings (SSSR count). The first-order valence-corrected chi connectivity index (χ1v) is 9.65. The Hall–Kier alpha value is -0.620. The lowest BCUT2D eigenvalue weighted by molar-refractivity contribution is -0.441. The number of hydrogen-bond acceptors (Lipinski definition) is 5. The zero-order valence-corrected chi connectivity index (χ0v) is 16.1. The normalized spacial score (nSPS) is 47.8. The van der Waals surface area contributed by atoms with Crippen LogP contribution >= 0.6 is 12.6 Å². The van der Waals surface area contributed by atoms with Gasteiger partial charge in [0.1, 0.15) is 5.60 Å². The van der Waals surface area contributed by atoms with Gasteiger partial charge in [0.05, 0.1) is 12.2 Å². The Labute approximate surface area is 155 Å². The van der Waals surface area contributed by atoms with Crippen LogP contribution in [-0.2, 0) is 14.3 Å². The highest BCUT2D eigenvalue weighted by Gasteiger charge is 2.89. The molecule has 0 aromatic heterocycles. The van der Waals surface area contributed by atoms with E-state index in [1.54, 1.807) is 6.92 Å². The van der Waals surface area contributed by atoms with E-state index in [4.69, 9.17) is 9.47 Å². The molecule has 1 N–H and O–H groups in total. The van der Waals surface area contributed by atoms with Crippen molar-refractivity contribution in [3.8, 4) is 0 Å². The summed E-state index contributed by atoms with van der Waals surface area (Å²) in [5.74, 6) is 0.624. The first-order chi connectivity index (χ1) is 11.6. The quantitative estimate of drug-likeness (QED) is 0.431. The summed E-state index contributed by atoms with van der Waals surface area (Å²) in [6.45, 7) is 13.8. The molecule has 0 amide bonds. The van der Waals surface area contributed by atoms with E-state index < -0.39 is 11.9 Å². The van der Waals surface area contributed by atoms with E-state index >= 15 is 0 Å². The summed E-state index contributed by atoms with van der Waals surface area (Å²) >= 11 is 4.33. The Kier molecular flexibility index (Phi) is 3.71. The lowest BCUT2D eigenvalue weighted by Crippen LogP contribution is -2.93. The zero-order chi connectivity index (χ0) is 18.4. The molecule has 1 heterocycles. The summed E-state index contributed by atoms with van der Waals surface area (Å²) in [6, 6.07) is 0. The van der Waals surface area contributed by atoms with Crippen LogP contribution in [0.5, 0.6) is 0 Å². The minimum absolute atomic E-state index is 0.0527. The van der Waals surface area contributed by atoms with E-state index in [1.165, 1.54) is 0 Å². The van der Waals surface area contributed by atoms with Crippen LogP contribution < -0.4 is 0 Å². The number of ether oxygens (including phenoxy) is 2. The average molecular weight is 365 g/mol. The summed E-state index contributed by atoms with van der Waals surface area (Å²) in [4.78, 5) is 13.7. The molecular formula is C20H28O4S. The number of ketones is 1. The van der Waals surface area contributed by atoms with E-state index in [1.807, 2.05) is 0 Å². The number of aliphatic hydroxyl groups is 1. The minimum atomic E-state index is -0.996. The molecule has 5 aliphatic rings. The first kappa shape index (κ1) is 17.8. The third kappa shape index (κ3) is 1.83. The Morgan fingerprint density at radius 2 is 2.12 bits per heavy atom. The van der Waals surface area contributed by atoms with Crippen LogP contribution in [0.4, 0.5) is 0 Å². The average Bonchev–Trinajstić information content (AvgIpc) is 2.53. The molecule has 0 aromatic rings. The molecule has 7 unspecified atom stereocenters. The smallest absolute Gasteiger partial charge is 0.177 e. The molecule has 0 aromatic carbocycles. The van der Waals surface area contributed by atoms with Crippen molar-refractivity contribution in [1.29, 1.82) is 0 Å². The van der Waals surface area contributed by atoms with Gasteiger partial charge < -0.3 is 14.6 Å². The maximum Gasteiger partial charge on any atom is 0.177 e. The predicted molar refractivity (Wildman–Crippen MR) is 98.1 cm³/mol. The maximum atomic E-state index is 13.0.